The molecule has 0 aliphatic rings. The van der Waals surface area contributed by atoms with Crippen LogP contribution in [0, 0.1) is 6.92 Å². The normalized spacial score (nSPS) is 10.9. The maximum Gasteiger partial charge on any atom is 0.264 e. The zero-order valence-electron chi connectivity index (χ0n) is 11.7. The van der Waals surface area contributed by atoms with E-state index in [0.29, 0.717) is 11.6 Å². The summed E-state index contributed by atoms with van der Waals surface area (Å²) in [6.07, 6.45) is 2.22. The molecule has 0 saturated carbocycles. The van der Waals surface area contributed by atoms with Crippen molar-refractivity contribution in [3.63, 3.8) is 0 Å². The minimum absolute atomic E-state index is 0.0831. The molecule has 0 radical (unpaired) electrons. The number of alkyl halides is 2. The van der Waals surface area contributed by atoms with Gasteiger partial charge in [0.05, 0.1) is 11.9 Å². The summed E-state index contributed by atoms with van der Waals surface area (Å²) in [6, 6.07) is 6.34. The molecular formula is C15H13F2N5. The largest absolute Gasteiger partial charge is 0.325 e. The van der Waals surface area contributed by atoms with E-state index in [2.05, 4.69) is 25.5 Å². The van der Waals surface area contributed by atoms with Crippen LogP contribution in [-0.4, -0.2) is 20.2 Å². The predicted octanol–water partition coefficient (Wildman–Crippen LogP) is 3.86. The fraction of sp³-hybridized carbons (Fsp3) is 0.133. The first-order valence-corrected chi connectivity index (χ1v) is 6.61. The molecule has 112 valence electrons. The lowest BCUT2D eigenvalue weighted by Gasteiger charge is -2.09. The van der Waals surface area contributed by atoms with Gasteiger partial charge >= 0.3 is 0 Å². The SMILES string of the molecule is Cc1cc(Nc2cc(C(F)F)ccn2)nc(-c2cn[nH]c2)c1. The van der Waals surface area contributed by atoms with Gasteiger partial charge in [-0.1, -0.05) is 0 Å². The molecule has 5 nitrogen and oxygen atoms in total. The third-order valence-electron chi connectivity index (χ3n) is 3.06. The maximum atomic E-state index is 12.7. The van der Waals surface area contributed by atoms with Crippen molar-refractivity contribution in [3.8, 4) is 11.3 Å². The lowest BCUT2D eigenvalue weighted by Crippen LogP contribution is -1.99. The summed E-state index contributed by atoms with van der Waals surface area (Å²) in [7, 11) is 0. The average Bonchev–Trinajstić information content (AvgIpc) is 3.01. The van der Waals surface area contributed by atoms with Gasteiger partial charge in [-0.3, -0.25) is 5.10 Å². The molecule has 3 aromatic rings. The molecule has 0 bridgehead atoms. The molecule has 0 saturated heterocycles. The molecule has 0 amide bonds. The molecule has 0 aliphatic heterocycles. The highest BCUT2D eigenvalue weighted by Gasteiger charge is 2.09. The van der Waals surface area contributed by atoms with Gasteiger partial charge in [0.1, 0.15) is 11.6 Å². The van der Waals surface area contributed by atoms with Crippen molar-refractivity contribution in [3.05, 3.63) is 54.0 Å². The van der Waals surface area contributed by atoms with Crippen LogP contribution in [0.2, 0.25) is 0 Å². The highest BCUT2D eigenvalue weighted by Crippen LogP contribution is 2.24. The summed E-state index contributed by atoms with van der Waals surface area (Å²) in [5.74, 6) is 0.865. The standard InChI is InChI=1S/C15H13F2N5/c1-9-4-12(11-7-19-20-8-11)21-14(5-9)22-13-6-10(15(16)17)2-3-18-13/h2-8,15H,1H3,(H,19,20)(H,18,21,22). The number of aromatic amines is 1. The molecule has 7 heteroatoms. The molecule has 0 fully saturated rings. The number of rotatable bonds is 4. The third-order valence-corrected chi connectivity index (χ3v) is 3.06. The predicted molar refractivity (Wildman–Crippen MR) is 79.0 cm³/mol. The fourth-order valence-electron chi connectivity index (χ4n) is 2.05. The van der Waals surface area contributed by atoms with Crippen molar-refractivity contribution in [2.24, 2.45) is 0 Å². The molecule has 22 heavy (non-hydrogen) atoms. The molecule has 3 aromatic heterocycles. The van der Waals surface area contributed by atoms with Crippen LogP contribution in [0.15, 0.2) is 42.9 Å². The van der Waals surface area contributed by atoms with E-state index < -0.39 is 6.43 Å². The molecule has 3 rings (SSSR count). The number of hydrogen-bond acceptors (Lipinski definition) is 4. The van der Waals surface area contributed by atoms with E-state index in [-0.39, 0.29) is 5.56 Å². The Bertz CT molecular complexity index is 771. The second kappa shape index (κ2) is 5.88. The number of aryl methyl sites for hydroxylation is 1. The van der Waals surface area contributed by atoms with Crippen LogP contribution in [0.5, 0.6) is 0 Å². The Kier molecular flexibility index (Phi) is 3.78. The Morgan fingerprint density at radius 3 is 2.77 bits per heavy atom. The first-order valence-electron chi connectivity index (χ1n) is 6.61. The number of pyridine rings is 2. The van der Waals surface area contributed by atoms with Gasteiger partial charge in [0.25, 0.3) is 6.43 Å². The molecule has 0 spiro atoms. The average molecular weight is 301 g/mol. The maximum absolute atomic E-state index is 12.7. The Hall–Kier alpha value is -2.83. The van der Waals surface area contributed by atoms with Gasteiger partial charge in [-0.25, -0.2) is 18.7 Å². The van der Waals surface area contributed by atoms with Crippen LogP contribution >= 0.6 is 0 Å². The summed E-state index contributed by atoms with van der Waals surface area (Å²) < 4.78 is 25.4. The molecule has 0 aromatic carbocycles. The summed E-state index contributed by atoms with van der Waals surface area (Å²) in [4.78, 5) is 8.48. The number of H-pyrrole nitrogens is 1. The molecule has 0 atom stereocenters. The van der Waals surface area contributed by atoms with Crippen LogP contribution in [0.4, 0.5) is 20.4 Å². The van der Waals surface area contributed by atoms with Crippen LogP contribution in [-0.2, 0) is 0 Å². The van der Waals surface area contributed by atoms with E-state index >= 15 is 0 Å². The van der Waals surface area contributed by atoms with E-state index in [9.17, 15) is 8.78 Å². The summed E-state index contributed by atoms with van der Waals surface area (Å²) in [5, 5.41) is 9.58. The number of nitrogens with zero attached hydrogens (tertiary/aromatic N) is 3. The molecule has 0 unspecified atom stereocenters. The van der Waals surface area contributed by atoms with E-state index in [4.69, 9.17) is 0 Å². The van der Waals surface area contributed by atoms with Gasteiger partial charge in [-0.15, -0.1) is 0 Å². The van der Waals surface area contributed by atoms with E-state index in [1.54, 1.807) is 12.4 Å². The molecule has 2 N–H and O–H groups in total. The number of hydrogen-bond donors (Lipinski definition) is 2. The Balaban J connectivity index is 1.91. The summed E-state index contributed by atoms with van der Waals surface area (Å²) in [5.41, 5.74) is 2.49. The van der Waals surface area contributed by atoms with Crippen LogP contribution in [0.3, 0.4) is 0 Å². The van der Waals surface area contributed by atoms with Gasteiger partial charge in [0.2, 0.25) is 0 Å². The molecule has 0 aliphatic carbocycles. The number of nitrogens with one attached hydrogen (secondary N) is 2. The highest BCUT2D eigenvalue weighted by molar-refractivity contribution is 5.63. The monoisotopic (exact) mass is 301 g/mol. The number of halogens is 2. The van der Waals surface area contributed by atoms with Crippen LogP contribution in [0.25, 0.3) is 11.3 Å². The van der Waals surface area contributed by atoms with Crippen LogP contribution in [0.1, 0.15) is 17.6 Å². The zero-order valence-corrected chi connectivity index (χ0v) is 11.7. The Morgan fingerprint density at radius 1 is 1.18 bits per heavy atom. The zero-order chi connectivity index (χ0) is 15.5. The van der Waals surface area contributed by atoms with Gasteiger partial charge in [0, 0.05) is 23.5 Å². The molecule has 3 heterocycles. The van der Waals surface area contributed by atoms with Crippen molar-refractivity contribution < 1.29 is 8.78 Å². The first-order chi connectivity index (χ1) is 10.6. The minimum atomic E-state index is -2.53. The summed E-state index contributed by atoms with van der Waals surface area (Å²) in [6.45, 7) is 1.93. The van der Waals surface area contributed by atoms with Gasteiger partial charge in [-0.05, 0) is 36.8 Å². The van der Waals surface area contributed by atoms with Crippen molar-refractivity contribution >= 4 is 11.6 Å². The number of anilines is 2. The number of aromatic nitrogens is 4. The smallest absolute Gasteiger partial charge is 0.264 e. The van der Waals surface area contributed by atoms with Gasteiger partial charge < -0.3 is 5.32 Å². The third kappa shape index (κ3) is 3.08. The van der Waals surface area contributed by atoms with E-state index in [1.165, 1.54) is 18.3 Å². The minimum Gasteiger partial charge on any atom is -0.325 e. The van der Waals surface area contributed by atoms with Gasteiger partial charge in [0.15, 0.2) is 0 Å². The van der Waals surface area contributed by atoms with Gasteiger partial charge in [-0.2, -0.15) is 5.10 Å². The Morgan fingerprint density at radius 2 is 2.05 bits per heavy atom. The van der Waals surface area contributed by atoms with Crippen molar-refractivity contribution in [1.29, 1.82) is 0 Å². The van der Waals surface area contributed by atoms with Crippen molar-refractivity contribution in [1.82, 2.24) is 20.2 Å². The topological polar surface area (TPSA) is 66.5 Å². The fourth-order valence-corrected chi connectivity index (χ4v) is 2.05. The van der Waals surface area contributed by atoms with E-state index in [1.807, 2.05) is 19.1 Å². The van der Waals surface area contributed by atoms with Crippen LogP contribution < -0.4 is 5.32 Å². The second-order valence-electron chi connectivity index (χ2n) is 4.80. The Labute approximate surface area is 125 Å². The highest BCUT2D eigenvalue weighted by atomic mass is 19.3. The van der Waals surface area contributed by atoms with Crippen molar-refractivity contribution in [2.45, 2.75) is 13.3 Å². The lowest BCUT2D eigenvalue weighted by atomic mass is 10.2. The second-order valence-corrected chi connectivity index (χ2v) is 4.80. The summed E-state index contributed by atoms with van der Waals surface area (Å²) >= 11 is 0. The first kappa shape index (κ1) is 14.1. The molecular weight excluding hydrogens is 288 g/mol. The lowest BCUT2D eigenvalue weighted by molar-refractivity contribution is 0.151. The van der Waals surface area contributed by atoms with Crippen molar-refractivity contribution in [2.75, 3.05) is 5.32 Å². The quantitative estimate of drug-likeness (QED) is 0.768. The van der Waals surface area contributed by atoms with E-state index in [0.717, 1.165) is 16.8 Å².